The van der Waals surface area contributed by atoms with Crippen molar-refractivity contribution in [1.82, 2.24) is 9.82 Å². The minimum absolute atomic E-state index is 0.0502. The molecule has 0 aliphatic carbocycles. The van der Waals surface area contributed by atoms with Crippen LogP contribution in [0.25, 0.3) is 11.3 Å². The van der Waals surface area contributed by atoms with E-state index in [9.17, 15) is 8.42 Å². The summed E-state index contributed by atoms with van der Waals surface area (Å²) in [5, 5.41) is 0. The van der Waals surface area contributed by atoms with Crippen molar-refractivity contribution in [3.8, 4) is 11.3 Å². The molecule has 2 rings (SSSR count). The topological polar surface area (TPSA) is 98.2 Å². The van der Waals surface area contributed by atoms with E-state index in [0.29, 0.717) is 11.3 Å². The zero-order valence-corrected chi connectivity index (χ0v) is 8.94. The summed E-state index contributed by atoms with van der Waals surface area (Å²) >= 11 is 0. The summed E-state index contributed by atoms with van der Waals surface area (Å²) in [6.07, 6.45) is 2.67. The quantitative estimate of drug-likeness (QED) is 0.600. The molecular weight excluding hydrogens is 230 g/mol. The molecule has 84 valence electrons. The molecule has 0 bridgehead atoms. The molecule has 1 aromatic heterocycles. The van der Waals surface area contributed by atoms with Gasteiger partial charge < -0.3 is 4.42 Å². The summed E-state index contributed by atoms with van der Waals surface area (Å²) in [7, 11) is -3.71. The van der Waals surface area contributed by atoms with Crippen LogP contribution in [0.3, 0.4) is 0 Å². The highest BCUT2D eigenvalue weighted by atomic mass is 32.2. The average Bonchev–Trinajstić information content (AvgIpc) is 2.82. The Bertz CT molecular complexity index is 578. The van der Waals surface area contributed by atoms with Crippen molar-refractivity contribution in [3.63, 3.8) is 0 Å². The maximum Gasteiger partial charge on any atom is 0.253 e. The van der Waals surface area contributed by atoms with Gasteiger partial charge in [-0.15, -0.1) is 0 Å². The number of nitrogens with one attached hydrogen (secondary N) is 1. The molecule has 1 aromatic carbocycles. The van der Waals surface area contributed by atoms with E-state index in [0.717, 1.165) is 0 Å². The average molecular weight is 239 g/mol. The van der Waals surface area contributed by atoms with Gasteiger partial charge in [0.05, 0.1) is 11.1 Å². The number of hydrazine groups is 1. The smallest absolute Gasteiger partial charge is 0.253 e. The summed E-state index contributed by atoms with van der Waals surface area (Å²) < 4.78 is 28.3. The highest BCUT2D eigenvalue weighted by Gasteiger charge is 2.18. The number of oxazole rings is 1. The second kappa shape index (κ2) is 4.05. The Kier molecular flexibility index (Phi) is 2.73. The fraction of sp³-hybridized carbons (Fsp3) is 0. The normalized spacial score (nSPS) is 11.6. The summed E-state index contributed by atoms with van der Waals surface area (Å²) in [4.78, 5) is 5.55. The maximum absolute atomic E-state index is 11.6. The molecule has 0 spiro atoms. The number of sulfonamides is 1. The van der Waals surface area contributed by atoms with Crippen molar-refractivity contribution in [2.45, 2.75) is 4.90 Å². The van der Waals surface area contributed by atoms with Gasteiger partial charge in [0.1, 0.15) is 0 Å². The van der Waals surface area contributed by atoms with Gasteiger partial charge in [0, 0.05) is 5.56 Å². The largest absolute Gasteiger partial charge is 0.443 e. The van der Waals surface area contributed by atoms with Gasteiger partial charge in [0.25, 0.3) is 10.0 Å². The molecule has 3 N–H and O–H groups in total. The molecular formula is C9H9N3O3S. The number of rotatable bonds is 3. The molecule has 1 heterocycles. The molecule has 0 aliphatic heterocycles. The van der Waals surface area contributed by atoms with Crippen LogP contribution in [0.2, 0.25) is 0 Å². The Morgan fingerprint density at radius 1 is 1.31 bits per heavy atom. The Morgan fingerprint density at radius 2 is 2.06 bits per heavy atom. The van der Waals surface area contributed by atoms with E-state index in [1.54, 1.807) is 23.0 Å². The molecule has 0 amide bonds. The second-order valence-electron chi connectivity index (χ2n) is 2.98. The van der Waals surface area contributed by atoms with E-state index in [2.05, 4.69) is 4.98 Å². The van der Waals surface area contributed by atoms with Crippen molar-refractivity contribution in [1.29, 1.82) is 0 Å². The predicted octanol–water partition coefficient (Wildman–Crippen LogP) is 0.494. The molecule has 7 heteroatoms. The molecule has 0 unspecified atom stereocenters. The molecule has 2 aromatic rings. The van der Waals surface area contributed by atoms with Crippen LogP contribution in [0.15, 0.2) is 46.2 Å². The lowest BCUT2D eigenvalue weighted by molar-refractivity contribution is 0.566. The fourth-order valence-corrected chi connectivity index (χ4v) is 2.16. The first-order valence-corrected chi connectivity index (χ1v) is 5.84. The van der Waals surface area contributed by atoms with Gasteiger partial charge >= 0.3 is 0 Å². The molecule has 16 heavy (non-hydrogen) atoms. The molecule has 0 fully saturated rings. The second-order valence-corrected chi connectivity index (χ2v) is 4.67. The van der Waals surface area contributed by atoms with E-state index in [1.165, 1.54) is 18.7 Å². The summed E-state index contributed by atoms with van der Waals surface area (Å²) in [5.74, 6) is 5.35. The Balaban J connectivity index is 2.65. The van der Waals surface area contributed by atoms with Crippen molar-refractivity contribution in [2.24, 2.45) is 5.84 Å². The molecule has 0 saturated carbocycles. The maximum atomic E-state index is 11.6. The highest BCUT2D eigenvalue weighted by molar-refractivity contribution is 7.89. The number of nitrogens with zero attached hydrogens (tertiary/aromatic N) is 1. The van der Waals surface area contributed by atoms with E-state index < -0.39 is 10.0 Å². The molecule has 6 nitrogen and oxygen atoms in total. The molecule has 0 radical (unpaired) electrons. The first-order valence-electron chi connectivity index (χ1n) is 4.35. The molecule has 0 saturated heterocycles. The van der Waals surface area contributed by atoms with Gasteiger partial charge in [-0.2, -0.15) is 4.83 Å². The van der Waals surface area contributed by atoms with Crippen LogP contribution in [0.4, 0.5) is 0 Å². The van der Waals surface area contributed by atoms with Crippen LogP contribution in [0.1, 0.15) is 0 Å². The predicted molar refractivity (Wildman–Crippen MR) is 56.4 cm³/mol. The third-order valence-electron chi connectivity index (χ3n) is 2.03. The van der Waals surface area contributed by atoms with Crippen molar-refractivity contribution in [2.75, 3.05) is 0 Å². The van der Waals surface area contributed by atoms with E-state index in [1.807, 2.05) is 0 Å². The van der Waals surface area contributed by atoms with Gasteiger partial charge in [0.2, 0.25) is 0 Å². The summed E-state index contributed by atoms with van der Waals surface area (Å²) in [6, 6.07) is 6.36. The van der Waals surface area contributed by atoms with Crippen molar-refractivity contribution in [3.05, 3.63) is 36.9 Å². The summed E-state index contributed by atoms with van der Waals surface area (Å²) in [5.41, 5.74) is 0.415. The van der Waals surface area contributed by atoms with Crippen LogP contribution in [-0.4, -0.2) is 13.4 Å². The van der Waals surface area contributed by atoms with E-state index in [-0.39, 0.29) is 4.90 Å². The van der Waals surface area contributed by atoms with Gasteiger partial charge in [-0.1, -0.05) is 12.1 Å². The number of hydrogen-bond acceptors (Lipinski definition) is 5. The number of aromatic nitrogens is 1. The van der Waals surface area contributed by atoms with E-state index >= 15 is 0 Å². The van der Waals surface area contributed by atoms with Crippen LogP contribution in [0, 0.1) is 0 Å². The van der Waals surface area contributed by atoms with Crippen molar-refractivity contribution >= 4 is 10.0 Å². The Morgan fingerprint density at radius 3 is 2.69 bits per heavy atom. The SMILES string of the molecule is NNS(=O)(=O)c1ccccc1-c1cnco1. The third-order valence-corrected chi connectivity index (χ3v) is 3.27. The lowest BCUT2D eigenvalue weighted by Gasteiger charge is -2.06. The van der Waals surface area contributed by atoms with Crippen LogP contribution in [0.5, 0.6) is 0 Å². The first-order chi connectivity index (χ1) is 7.65. The fourth-order valence-electron chi connectivity index (χ4n) is 1.32. The Labute approximate surface area is 92.1 Å². The lowest BCUT2D eigenvalue weighted by Crippen LogP contribution is -2.30. The Hall–Kier alpha value is -1.70. The highest BCUT2D eigenvalue weighted by Crippen LogP contribution is 2.26. The molecule has 0 atom stereocenters. The first kappa shape index (κ1) is 10.8. The van der Waals surface area contributed by atoms with Crippen molar-refractivity contribution < 1.29 is 12.8 Å². The van der Waals surface area contributed by atoms with E-state index in [4.69, 9.17) is 10.3 Å². The standard InChI is InChI=1S/C9H9N3O3S/c10-12-16(13,14)9-4-2-1-3-7(9)8-5-11-6-15-8/h1-6,12H,10H2. The minimum atomic E-state index is -3.71. The zero-order valence-electron chi connectivity index (χ0n) is 8.12. The number of nitrogens with two attached hydrogens (primary N) is 1. The van der Waals surface area contributed by atoms with Gasteiger partial charge in [0.15, 0.2) is 12.2 Å². The number of hydrogen-bond donors (Lipinski definition) is 2. The summed E-state index contributed by atoms with van der Waals surface area (Å²) in [6.45, 7) is 0. The van der Waals surface area contributed by atoms with Gasteiger partial charge in [-0.3, -0.25) is 5.84 Å². The molecule has 0 aliphatic rings. The lowest BCUT2D eigenvalue weighted by atomic mass is 10.2. The van der Waals surface area contributed by atoms with Crippen LogP contribution < -0.4 is 10.7 Å². The van der Waals surface area contributed by atoms with Gasteiger partial charge in [-0.25, -0.2) is 13.4 Å². The third kappa shape index (κ3) is 1.83. The van der Waals surface area contributed by atoms with Crippen LogP contribution >= 0.6 is 0 Å². The number of benzene rings is 1. The minimum Gasteiger partial charge on any atom is -0.443 e. The van der Waals surface area contributed by atoms with Crippen LogP contribution in [-0.2, 0) is 10.0 Å². The monoisotopic (exact) mass is 239 g/mol. The van der Waals surface area contributed by atoms with Gasteiger partial charge in [-0.05, 0) is 12.1 Å². The zero-order chi connectivity index (χ0) is 11.6.